The number of para-hydroxylation sites is 1. The van der Waals surface area contributed by atoms with Crippen molar-refractivity contribution in [3.63, 3.8) is 0 Å². The van der Waals surface area contributed by atoms with Crippen LogP contribution in [0.4, 0.5) is 11.4 Å². The monoisotopic (exact) mass is 327 g/mol. The summed E-state index contributed by atoms with van der Waals surface area (Å²) >= 11 is 5.33. The van der Waals surface area contributed by atoms with E-state index in [-0.39, 0.29) is 11.9 Å². The summed E-state index contributed by atoms with van der Waals surface area (Å²) in [4.78, 5) is 12.2. The van der Waals surface area contributed by atoms with Gasteiger partial charge in [-0.3, -0.25) is 4.79 Å². The number of anilines is 2. The molecule has 0 aromatic heterocycles. The molecule has 2 aromatic carbocycles. The number of benzene rings is 2. The quantitative estimate of drug-likeness (QED) is 0.745. The highest BCUT2D eigenvalue weighted by atomic mass is 32.1. The first kappa shape index (κ1) is 17.0. The fourth-order valence-electron chi connectivity index (χ4n) is 2.05. The molecule has 0 saturated carbocycles. The molecule has 2 aromatic rings. The molecule has 0 saturated heterocycles. The van der Waals surface area contributed by atoms with Gasteiger partial charge in [0.1, 0.15) is 0 Å². The number of hydrogen-bond donors (Lipinski definition) is 3. The van der Waals surface area contributed by atoms with Crippen molar-refractivity contribution >= 4 is 34.6 Å². The summed E-state index contributed by atoms with van der Waals surface area (Å²) in [7, 11) is 0. The fraction of sp³-hybridized carbons (Fsp3) is 0.222. The van der Waals surface area contributed by atoms with Crippen molar-refractivity contribution in [3.8, 4) is 0 Å². The van der Waals surface area contributed by atoms with Crippen LogP contribution in [0.2, 0.25) is 0 Å². The molecular weight excluding hydrogens is 306 g/mol. The first-order chi connectivity index (χ1) is 11.0. The maximum absolute atomic E-state index is 12.2. The average molecular weight is 327 g/mol. The van der Waals surface area contributed by atoms with Crippen LogP contribution in [-0.4, -0.2) is 17.1 Å². The third kappa shape index (κ3) is 5.07. The maximum atomic E-state index is 12.2. The van der Waals surface area contributed by atoms with Crippen molar-refractivity contribution in [3.05, 3.63) is 59.7 Å². The summed E-state index contributed by atoms with van der Waals surface area (Å²) in [6.07, 6.45) is 0. The third-order valence-corrected chi connectivity index (χ3v) is 3.35. The van der Waals surface area contributed by atoms with E-state index in [2.05, 4.69) is 16.0 Å². The minimum atomic E-state index is -0.124. The van der Waals surface area contributed by atoms with Gasteiger partial charge in [-0.05, 0) is 57.3 Å². The van der Waals surface area contributed by atoms with Crippen LogP contribution in [-0.2, 0) is 0 Å². The third-order valence-electron chi connectivity index (χ3n) is 3.15. The van der Waals surface area contributed by atoms with Crippen LogP contribution in [0.3, 0.4) is 0 Å². The number of aryl methyl sites for hydroxylation is 1. The molecule has 23 heavy (non-hydrogen) atoms. The normalized spacial score (nSPS) is 10.3. The first-order valence-electron chi connectivity index (χ1n) is 7.50. The molecule has 0 atom stereocenters. The van der Waals surface area contributed by atoms with E-state index in [1.165, 1.54) is 5.56 Å². The molecule has 0 aliphatic carbocycles. The molecule has 0 aliphatic rings. The molecule has 0 heterocycles. The fourth-order valence-corrected chi connectivity index (χ4v) is 2.28. The van der Waals surface area contributed by atoms with E-state index in [0.717, 1.165) is 5.69 Å². The highest BCUT2D eigenvalue weighted by Gasteiger charge is 2.12. The Morgan fingerprint density at radius 3 is 2.30 bits per heavy atom. The molecule has 5 heteroatoms. The lowest BCUT2D eigenvalue weighted by Gasteiger charge is -2.15. The Hall–Kier alpha value is -2.40. The van der Waals surface area contributed by atoms with Crippen LogP contribution in [0.15, 0.2) is 48.5 Å². The number of carbonyl (C=O) groups excluding carboxylic acids is 1. The van der Waals surface area contributed by atoms with Crippen molar-refractivity contribution in [2.75, 3.05) is 10.6 Å². The highest BCUT2D eigenvalue weighted by molar-refractivity contribution is 7.80. The Balaban J connectivity index is 2.08. The van der Waals surface area contributed by atoms with E-state index in [1.807, 2.05) is 63.2 Å². The molecule has 0 spiro atoms. The number of thiocarbonyl (C=S) groups is 1. The predicted molar refractivity (Wildman–Crippen MR) is 100 cm³/mol. The molecule has 1 amide bonds. The van der Waals surface area contributed by atoms with Crippen molar-refractivity contribution in [1.29, 1.82) is 0 Å². The van der Waals surface area contributed by atoms with Crippen LogP contribution in [0, 0.1) is 6.92 Å². The molecule has 0 fully saturated rings. The Labute approximate surface area is 142 Å². The molecule has 2 rings (SSSR count). The topological polar surface area (TPSA) is 53.2 Å². The van der Waals surface area contributed by atoms with Gasteiger partial charge in [-0.2, -0.15) is 0 Å². The second kappa shape index (κ2) is 7.74. The summed E-state index contributed by atoms with van der Waals surface area (Å²) in [6.45, 7) is 5.89. The number of nitrogens with one attached hydrogen (secondary N) is 3. The van der Waals surface area contributed by atoms with Crippen molar-refractivity contribution in [2.24, 2.45) is 0 Å². The predicted octanol–water partition coefficient (Wildman–Crippen LogP) is 3.94. The lowest BCUT2D eigenvalue weighted by Crippen LogP contribution is -2.31. The summed E-state index contributed by atoms with van der Waals surface area (Å²) < 4.78 is 0. The number of rotatable bonds is 4. The van der Waals surface area contributed by atoms with Crippen molar-refractivity contribution in [1.82, 2.24) is 5.32 Å². The summed E-state index contributed by atoms with van der Waals surface area (Å²) in [5, 5.41) is 9.53. The molecule has 3 N–H and O–H groups in total. The zero-order valence-electron chi connectivity index (χ0n) is 13.5. The molecule has 0 unspecified atom stereocenters. The molecule has 0 aliphatic heterocycles. The van der Waals surface area contributed by atoms with Crippen LogP contribution in [0.1, 0.15) is 29.8 Å². The van der Waals surface area contributed by atoms with Gasteiger partial charge in [0.15, 0.2) is 5.11 Å². The lowest BCUT2D eigenvalue weighted by atomic mass is 10.1. The van der Waals surface area contributed by atoms with Gasteiger partial charge < -0.3 is 16.0 Å². The van der Waals surface area contributed by atoms with Gasteiger partial charge >= 0.3 is 0 Å². The number of carbonyl (C=O) groups is 1. The molecule has 120 valence electrons. The van der Waals surface area contributed by atoms with Gasteiger partial charge in [-0.1, -0.05) is 29.8 Å². The van der Waals surface area contributed by atoms with Crippen LogP contribution < -0.4 is 16.0 Å². The van der Waals surface area contributed by atoms with Gasteiger partial charge in [0, 0.05) is 11.7 Å². The van der Waals surface area contributed by atoms with Crippen LogP contribution in [0.25, 0.3) is 0 Å². The molecular formula is C18H21N3OS. The zero-order chi connectivity index (χ0) is 16.8. The Bertz CT molecular complexity index is 696. The Morgan fingerprint density at radius 2 is 1.65 bits per heavy atom. The van der Waals surface area contributed by atoms with E-state index < -0.39 is 0 Å². The molecule has 0 radical (unpaired) electrons. The second-order valence-electron chi connectivity index (χ2n) is 5.62. The van der Waals surface area contributed by atoms with Gasteiger partial charge in [0.05, 0.1) is 11.3 Å². The number of hydrogen-bond acceptors (Lipinski definition) is 2. The first-order valence-corrected chi connectivity index (χ1v) is 7.91. The smallest absolute Gasteiger partial charge is 0.253 e. The largest absolute Gasteiger partial charge is 0.350 e. The van der Waals surface area contributed by atoms with Gasteiger partial charge in [-0.15, -0.1) is 0 Å². The zero-order valence-corrected chi connectivity index (χ0v) is 14.3. The van der Waals surface area contributed by atoms with Crippen LogP contribution >= 0.6 is 12.2 Å². The van der Waals surface area contributed by atoms with E-state index >= 15 is 0 Å². The molecule has 0 bridgehead atoms. The van der Waals surface area contributed by atoms with Crippen molar-refractivity contribution in [2.45, 2.75) is 26.8 Å². The van der Waals surface area contributed by atoms with E-state index in [4.69, 9.17) is 12.2 Å². The highest BCUT2D eigenvalue weighted by Crippen LogP contribution is 2.16. The average Bonchev–Trinajstić information content (AvgIpc) is 2.49. The summed E-state index contributed by atoms with van der Waals surface area (Å²) in [6, 6.07) is 15.3. The van der Waals surface area contributed by atoms with Gasteiger partial charge in [-0.25, -0.2) is 0 Å². The molecule has 4 nitrogen and oxygen atoms in total. The standard InChI is InChI=1S/C18H21N3OS/c1-12(2)19-17(22)15-6-4-5-7-16(15)21-18(23)20-14-10-8-13(3)9-11-14/h4-12H,1-3H3,(H,19,22)(H2,20,21,23). The maximum Gasteiger partial charge on any atom is 0.253 e. The van der Waals surface area contributed by atoms with Gasteiger partial charge in [0.2, 0.25) is 0 Å². The second-order valence-corrected chi connectivity index (χ2v) is 6.03. The lowest BCUT2D eigenvalue weighted by molar-refractivity contribution is 0.0944. The minimum Gasteiger partial charge on any atom is -0.350 e. The minimum absolute atomic E-state index is 0.0770. The SMILES string of the molecule is Cc1ccc(NC(=S)Nc2ccccc2C(=O)NC(C)C)cc1. The van der Waals surface area contributed by atoms with Crippen molar-refractivity contribution < 1.29 is 4.79 Å². The van der Waals surface area contributed by atoms with Gasteiger partial charge in [0.25, 0.3) is 5.91 Å². The Morgan fingerprint density at radius 1 is 1.00 bits per heavy atom. The van der Waals surface area contributed by atoms with E-state index in [9.17, 15) is 4.79 Å². The Kier molecular flexibility index (Phi) is 5.71. The number of amides is 1. The van der Waals surface area contributed by atoms with Crippen LogP contribution in [0.5, 0.6) is 0 Å². The summed E-state index contributed by atoms with van der Waals surface area (Å²) in [5.41, 5.74) is 3.33. The van der Waals surface area contributed by atoms with E-state index in [1.54, 1.807) is 6.07 Å². The summed E-state index contributed by atoms with van der Waals surface area (Å²) in [5.74, 6) is -0.124. The van der Waals surface area contributed by atoms with E-state index in [0.29, 0.717) is 16.4 Å².